The quantitative estimate of drug-likeness (QED) is 0.709. The predicted octanol–water partition coefficient (Wildman–Crippen LogP) is 0.912. The first kappa shape index (κ1) is 16.0. The van der Waals surface area contributed by atoms with Gasteiger partial charge in [0.05, 0.1) is 26.7 Å². The number of aliphatic hydroxyl groups excluding tert-OH is 2. The normalized spacial score (nSPS) is 13.6. The van der Waals surface area contributed by atoms with Crippen molar-refractivity contribution < 1.29 is 29.3 Å². The van der Waals surface area contributed by atoms with Gasteiger partial charge >= 0.3 is 11.9 Å². The number of nitrogens with one attached hydrogen (secondary N) is 1. The Morgan fingerprint density at radius 1 is 1.18 bits per heavy atom. The van der Waals surface area contributed by atoms with Gasteiger partial charge in [0.25, 0.3) is 0 Å². The number of rotatable bonds is 5. The smallest absolute Gasteiger partial charge is 0.354 e. The van der Waals surface area contributed by atoms with Gasteiger partial charge in [-0.3, -0.25) is 4.79 Å². The van der Waals surface area contributed by atoms with Crippen LogP contribution < -0.4 is 0 Å². The van der Waals surface area contributed by atoms with Gasteiger partial charge in [0, 0.05) is 10.9 Å². The van der Waals surface area contributed by atoms with Crippen molar-refractivity contribution >= 4 is 22.8 Å². The Hall–Kier alpha value is -2.38. The minimum atomic E-state index is -1.28. The van der Waals surface area contributed by atoms with Gasteiger partial charge in [-0.1, -0.05) is 12.1 Å². The number of aliphatic hydroxyl groups is 2. The van der Waals surface area contributed by atoms with Gasteiger partial charge in [0.1, 0.15) is 11.8 Å². The van der Waals surface area contributed by atoms with E-state index in [2.05, 4.69) is 14.5 Å². The number of hydrogen-bond donors (Lipinski definition) is 3. The average Bonchev–Trinajstić information content (AvgIpc) is 2.95. The number of methoxy groups -OCH3 is 2. The van der Waals surface area contributed by atoms with Crippen molar-refractivity contribution in [2.24, 2.45) is 0 Å². The molecule has 0 aliphatic heterocycles. The average molecular weight is 307 g/mol. The van der Waals surface area contributed by atoms with E-state index in [-0.39, 0.29) is 6.42 Å². The standard InChI is InChI=1S/C15H17NO6/c1-21-13(18)7-12(17)14(19)9-4-3-8-5-11(15(20)22-2)16-10(8)6-9/h3-6,12,14,16-17,19H,7H2,1-2H3. The molecule has 7 heteroatoms. The molecule has 0 aliphatic rings. The van der Waals surface area contributed by atoms with Crippen molar-refractivity contribution in [1.29, 1.82) is 0 Å². The summed E-state index contributed by atoms with van der Waals surface area (Å²) in [6, 6.07) is 6.54. The van der Waals surface area contributed by atoms with E-state index in [0.717, 1.165) is 5.39 Å². The molecule has 1 aromatic carbocycles. The van der Waals surface area contributed by atoms with E-state index >= 15 is 0 Å². The molecular weight excluding hydrogens is 290 g/mol. The molecule has 2 unspecified atom stereocenters. The first-order valence-electron chi connectivity index (χ1n) is 6.60. The lowest BCUT2D eigenvalue weighted by molar-refractivity contribution is -0.144. The van der Waals surface area contributed by atoms with Gasteiger partial charge in [0.15, 0.2) is 0 Å². The Morgan fingerprint density at radius 2 is 1.91 bits per heavy atom. The molecule has 2 aromatic rings. The number of esters is 2. The molecule has 2 rings (SSSR count). The number of H-pyrrole nitrogens is 1. The maximum Gasteiger partial charge on any atom is 0.354 e. The fourth-order valence-electron chi connectivity index (χ4n) is 2.14. The van der Waals surface area contributed by atoms with Crippen LogP contribution >= 0.6 is 0 Å². The van der Waals surface area contributed by atoms with Crippen LogP contribution in [0.4, 0.5) is 0 Å². The Morgan fingerprint density at radius 3 is 2.55 bits per heavy atom. The van der Waals surface area contributed by atoms with E-state index in [1.165, 1.54) is 14.2 Å². The number of ether oxygens (including phenoxy) is 2. The van der Waals surface area contributed by atoms with Crippen LogP contribution in [0, 0.1) is 0 Å². The SMILES string of the molecule is COC(=O)CC(O)C(O)c1ccc2cc(C(=O)OC)[nH]c2c1. The van der Waals surface area contributed by atoms with Crippen LogP contribution in [0.2, 0.25) is 0 Å². The third-order valence-electron chi connectivity index (χ3n) is 3.36. The van der Waals surface area contributed by atoms with E-state index < -0.39 is 24.1 Å². The van der Waals surface area contributed by atoms with Crippen LogP contribution in [-0.4, -0.2) is 47.5 Å². The second-order valence-corrected chi connectivity index (χ2v) is 4.81. The van der Waals surface area contributed by atoms with Gasteiger partial charge in [-0.2, -0.15) is 0 Å². The van der Waals surface area contributed by atoms with Crippen molar-refractivity contribution in [3.63, 3.8) is 0 Å². The molecule has 1 heterocycles. The molecule has 3 N–H and O–H groups in total. The molecule has 0 saturated heterocycles. The fraction of sp³-hybridized carbons (Fsp3) is 0.333. The minimum Gasteiger partial charge on any atom is -0.469 e. The summed E-state index contributed by atoms with van der Waals surface area (Å²) in [6.45, 7) is 0. The van der Waals surface area contributed by atoms with Crippen molar-refractivity contribution in [2.45, 2.75) is 18.6 Å². The highest BCUT2D eigenvalue weighted by molar-refractivity contribution is 5.94. The molecule has 0 radical (unpaired) electrons. The molecule has 0 bridgehead atoms. The summed E-state index contributed by atoms with van der Waals surface area (Å²) in [5, 5.41) is 20.7. The van der Waals surface area contributed by atoms with Gasteiger partial charge < -0.3 is 24.7 Å². The summed E-state index contributed by atoms with van der Waals surface area (Å²) >= 11 is 0. The molecule has 1 aromatic heterocycles. The fourth-order valence-corrected chi connectivity index (χ4v) is 2.14. The number of carbonyl (C=O) groups excluding carboxylic acids is 2. The highest BCUT2D eigenvalue weighted by Crippen LogP contribution is 2.24. The second-order valence-electron chi connectivity index (χ2n) is 4.81. The highest BCUT2D eigenvalue weighted by atomic mass is 16.5. The summed E-state index contributed by atoms with van der Waals surface area (Å²) in [7, 11) is 2.49. The van der Waals surface area contributed by atoms with Crippen molar-refractivity contribution in [3.8, 4) is 0 Å². The molecule has 7 nitrogen and oxygen atoms in total. The molecule has 2 atom stereocenters. The lowest BCUT2D eigenvalue weighted by Crippen LogP contribution is -2.22. The summed E-state index contributed by atoms with van der Waals surface area (Å²) in [4.78, 5) is 25.5. The lowest BCUT2D eigenvalue weighted by Gasteiger charge is -2.17. The summed E-state index contributed by atoms with van der Waals surface area (Å²) in [6.07, 6.45) is -2.83. The molecule has 0 saturated carbocycles. The Labute approximate surface area is 126 Å². The van der Waals surface area contributed by atoms with Crippen LogP contribution in [-0.2, 0) is 14.3 Å². The molecule has 22 heavy (non-hydrogen) atoms. The lowest BCUT2D eigenvalue weighted by atomic mass is 10.0. The number of aromatic nitrogens is 1. The third kappa shape index (κ3) is 3.26. The zero-order valence-electron chi connectivity index (χ0n) is 12.2. The van der Waals surface area contributed by atoms with Gasteiger partial charge in [-0.15, -0.1) is 0 Å². The summed E-state index contributed by atoms with van der Waals surface area (Å²) in [5.41, 5.74) is 1.32. The zero-order valence-corrected chi connectivity index (χ0v) is 12.2. The Kier molecular flexibility index (Phi) is 4.79. The van der Waals surface area contributed by atoms with E-state index in [0.29, 0.717) is 16.8 Å². The minimum absolute atomic E-state index is 0.291. The molecule has 0 fully saturated rings. The second kappa shape index (κ2) is 6.59. The van der Waals surface area contributed by atoms with Crippen LogP contribution in [0.5, 0.6) is 0 Å². The van der Waals surface area contributed by atoms with Crippen LogP contribution in [0.1, 0.15) is 28.6 Å². The van der Waals surface area contributed by atoms with Crippen LogP contribution in [0.15, 0.2) is 24.3 Å². The van der Waals surface area contributed by atoms with Crippen molar-refractivity contribution in [3.05, 3.63) is 35.5 Å². The zero-order chi connectivity index (χ0) is 16.3. The molecule has 0 amide bonds. The molecule has 118 valence electrons. The van der Waals surface area contributed by atoms with Gasteiger partial charge in [-0.05, 0) is 17.7 Å². The van der Waals surface area contributed by atoms with E-state index in [1.807, 2.05) is 0 Å². The molecule has 0 aliphatic carbocycles. The maximum atomic E-state index is 11.5. The monoisotopic (exact) mass is 307 g/mol. The van der Waals surface area contributed by atoms with E-state index in [9.17, 15) is 19.8 Å². The number of hydrogen-bond acceptors (Lipinski definition) is 6. The first-order chi connectivity index (χ1) is 10.5. The number of fused-ring (bicyclic) bond motifs is 1. The highest BCUT2D eigenvalue weighted by Gasteiger charge is 2.22. The first-order valence-corrected chi connectivity index (χ1v) is 6.60. The van der Waals surface area contributed by atoms with E-state index in [4.69, 9.17) is 0 Å². The van der Waals surface area contributed by atoms with Gasteiger partial charge in [-0.25, -0.2) is 4.79 Å². The summed E-state index contributed by atoms with van der Waals surface area (Å²) < 4.78 is 9.08. The Balaban J connectivity index is 2.24. The summed E-state index contributed by atoms with van der Waals surface area (Å²) in [5.74, 6) is -1.11. The number of benzene rings is 1. The van der Waals surface area contributed by atoms with Crippen LogP contribution in [0.3, 0.4) is 0 Å². The predicted molar refractivity (Wildman–Crippen MR) is 77.2 cm³/mol. The third-order valence-corrected chi connectivity index (χ3v) is 3.36. The molecule has 0 spiro atoms. The topological polar surface area (TPSA) is 109 Å². The van der Waals surface area contributed by atoms with E-state index in [1.54, 1.807) is 24.3 Å². The maximum absolute atomic E-state index is 11.5. The van der Waals surface area contributed by atoms with Crippen LogP contribution in [0.25, 0.3) is 10.9 Å². The van der Waals surface area contributed by atoms with Crippen molar-refractivity contribution in [1.82, 2.24) is 4.98 Å². The number of aromatic amines is 1. The largest absolute Gasteiger partial charge is 0.469 e. The van der Waals surface area contributed by atoms with Gasteiger partial charge in [0.2, 0.25) is 0 Å². The number of carbonyl (C=O) groups is 2. The Bertz CT molecular complexity index is 692. The molecular formula is C15H17NO6. The van der Waals surface area contributed by atoms with Crippen molar-refractivity contribution in [2.75, 3.05) is 14.2 Å².